The van der Waals surface area contributed by atoms with E-state index in [-0.39, 0.29) is 0 Å². The van der Waals surface area contributed by atoms with Crippen molar-refractivity contribution in [3.63, 3.8) is 0 Å². The zero-order chi connectivity index (χ0) is 18.0. The summed E-state index contributed by atoms with van der Waals surface area (Å²) in [4.78, 5) is 15.7. The second-order valence-electron chi connectivity index (χ2n) is 5.88. The van der Waals surface area contributed by atoms with E-state index in [0.717, 1.165) is 5.39 Å². The number of benzene rings is 1. The van der Waals surface area contributed by atoms with Crippen molar-refractivity contribution in [2.75, 3.05) is 6.61 Å². The highest BCUT2D eigenvalue weighted by molar-refractivity contribution is 5.84. The fourth-order valence-electron chi connectivity index (χ4n) is 2.87. The number of carbonyl (C=O) groups is 1. The quantitative estimate of drug-likeness (QED) is 0.591. The van der Waals surface area contributed by atoms with Crippen LogP contribution in [0.5, 0.6) is 5.75 Å². The average molecular weight is 348 g/mol. The largest absolute Gasteiger partial charge is 0.460 e. The number of nitrogens with zero attached hydrogens (tertiary/aromatic N) is 1. The van der Waals surface area contributed by atoms with Crippen molar-refractivity contribution in [3.05, 3.63) is 36.5 Å². The summed E-state index contributed by atoms with van der Waals surface area (Å²) in [5, 5.41) is 33.0. The molecule has 5 atom stereocenters. The number of carbonyl (C=O) groups excluding carboxylic acids is 1. The van der Waals surface area contributed by atoms with Crippen molar-refractivity contribution in [1.82, 2.24) is 10.3 Å². The molecule has 1 aromatic heterocycles. The summed E-state index contributed by atoms with van der Waals surface area (Å²) in [5.41, 5.74) is 0.594. The number of aliphatic hydroxyl groups is 3. The second kappa shape index (κ2) is 7.32. The van der Waals surface area contributed by atoms with Gasteiger partial charge in [0, 0.05) is 18.5 Å². The molecule has 0 aliphatic carbocycles. The maximum Gasteiger partial charge on any atom is 0.223 e. The average Bonchev–Trinajstić information content (AvgIpc) is 2.61. The third kappa shape index (κ3) is 3.57. The number of aromatic nitrogens is 1. The minimum Gasteiger partial charge on any atom is -0.460 e. The molecule has 2 aromatic rings. The normalized spacial score (nSPS) is 29.4. The number of pyridine rings is 1. The first-order chi connectivity index (χ1) is 12.0. The topological polar surface area (TPSA) is 121 Å². The second-order valence-corrected chi connectivity index (χ2v) is 5.88. The molecule has 1 fully saturated rings. The Morgan fingerprint density at radius 3 is 2.76 bits per heavy atom. The van der Waals surface area contributed by atoms with Crippen LogP contribution in [0, 0.1) is 0 Å². The van der Waals surface area contributed by atoms with Crippen LogP contribution in [0.15, 0.2) is 36.5 Å². The Hall–Kier alpha value is -2.26. The number of rotatable bonds is 4. The molecule has 1 aromatic carbocycles. The van der Waals surface area contributed by atoms with E-state index in [2.05, 4.69) is 10.3 Å². The number of nitrogens with one attached hydrogen (secondary N) is 1. The van der Waals surface area contributed by atoms with Gasteiger partial charge in [-0.25, -0.2) is 0 Å². The molecule has 0 saturated carbocycles. The van der Waals surface area contributed by atoms with Gasteiger partial charge in [-0.3, -0.25) is 9.78 Å². The summed E-state index contributed by atoms with van der Waals surface area (Å²) in [5.74, 6) is -0.00863. The van der Waals surface area contributed by atoms with Gasteiger partial charge in [-0.2, -0.15) is 0 Å². The van der Waals surface area contributed by atoms with Gasteiger partial charge < -0.3 is 30.1 Å². The highest BCUT2D eigenvalue weighted by atomic mass is 16.7. The number of aliphatic hydroxyl groups excluding tert-OH is 3. The summed E-state index contributed by atoms with van der Waals surface area (Å²) >= 11 is 0. The molecule has 4 unspecified atom stereocenters. The zero-order valence-electron chi connectivity index (χ0n) is 13.6. The predicted octanol–water partition coefficient (Wildman–Crippen LogP) is -0.443. The molecule has 1 amide bonds. The first-order valence-electron chi connectivity index (χ1n) is 7.91. The van der Waals surface area contributed by atoms with Crippen LogP contribution in [0.4, 0.5) is 0 Å². The van der Waals surface area contributed by atoms with E-state index >= 15 is 0 Å². The van der Waals surface area contributed by atoms with Gasteiger partial charge in [0.15, 0.2) is 0 Å². The van der Waals surface area contributed by atoms with Gasteiger partial charge in [0.25, 0.3) is 0 Å². The highest BCUT2D eigenvalue weighted by Crippen LogP contribution is 2.28. The SMILES string of the molecule is CC(=O)NC1C(O)C(O)C(CO)O[C@H]1Oc1cccc2cccnc12. The van der Waals surface area contributed by atoms with E-state index in [1.54, 1.807) is 24.4 Å². The molecule has 0 bridgehead atoms. The van der Waals surface area contributed by atoms with E-state index < -0.39 is 43.2 Å². The lowest BCUT2D eigenvalue weighted by molar-refractivity contribution is -0.244. The summed E-state index contributed by atoms with van der Waals surface area (Å²) < 4.78 is 11.4. The number of fused-ring (bicyclic) bond motifs is 1. The predicted molar refractivity (Wildman–Crippen MR) is 87.7 cm³/mol. The van der Waals surface area contributed by atoms with Crippen LogP contribution in [0.3, 0.4) is 0 Å². The van der Waals surface area contributed by atoms with Crippen molar-refractivity contribution in [3.8, 4) is 5.75 Å². The number of ether oxygens (including phenoxy) is 2. The van der Waals surface area contributed by atoms with Crippen LogP contribution in [-0.4, -0.2) is 63.5 Å². The molecule has 2 heterocycles. The van der Waals surface area contributed by atoms with Gasteiger partial charge in [-0.15, -0.1) is 0 Å². The fraction of sp³-hybridized carbons (Fsp3) is 0.412. The molecule has 3 rings (SSSR count). The van der Waals surface area contributed by atoms with Crippen molar-refractivity contribution in [2.45, 2.75) is 37.6 Å². The number of hydrogen-bond donors (Lipinski definition) is 4. The highest BCUT2D eigenvalue weighted by Gasteiger charge is 2.46. The van der Waals surface area contributed by atoms with E-state index in [1.807, 2.05) is 12.1 Å². The van der Waals surface area contributed by atoms with Crippen LogP contribution in [0.25, 0.3) is 10.9 Å². The molecule has 1 aliphatic rings. The molecule has 0 radical (unpaired) electrons. The Balaban J connectivity index is 1.92. The van der Waals surface area contributed by atoms with Gasteiger partial charge in [0.1, 0.15) is 35.6 Å². The van der Waals surface area contributed by atoms with Crippen LogP contribution in [0.2, 0.25) is 0 Å². The minimum atomic E-state index is -1.36. The van der Waals surface area contributed by atoms with Crippen molar-refractivity contribution >= 4 is 16.8 Å². The minimum absolute atomic E-state index is 0.402. The molecule has 134 valence electrons. The Kier molecular flexibility index (Phi) is 5.14. The van der Waals surface area contributed by atoms with Crippen LogP contribution in [-0.2, 0) is 9.53 Å². The molecule has 8 nitrogen and oxygen atoms in total. The lowest BCUT2D eigenvalue weighted by atomic mass is 9.97. The van der Waals surface area contributed by atoms with Crippen molar-refractivity contribution in [2.24, 2.45) is 0 Å². The molecule has 25 heavy (non-hydrogen) atoms. The van der Waals surface area contributed by atoms with E-state index in [1.165, 1.54) is 6.92 Å². The van der Waals surface area contributed by atoms with Gasteiger partial charge >= 0.3 is 0 Å². The summed E-state index contributed by atoms with van der Waals surface area (Å²) in [6.45, 7) is 0.784. The summed E-state index contributed by atoms with van der Waals surface area (Å²) in [6, 6.07) is 8.01. The maximum atomic E-state index is 11.4. The van der Waals surface area contributed by atoms with Crippen molar-refractivity contribution in [1.29, 1.82) is 0 Å². The first kappa shape index (κ1) is 17.6. The van der Waals surface area contributed by atoms with Crippen molar-refractivity contribution < 1.29 is 29.6 Å². The molecule has 4 N–H and O–H groups in total. The Bertz CT molecular complexity index is 750. The fourth-order valence-corrected chi connectivity index (χ4v) is 2.87. The van der Waals surface area contributed by atoms with Crippen LogP contribution < -0.4 is 10.1 Å². The third-order valence-electron chi connectivity index (χ3n) is 4.09. The Morgan fingerprint density at radius 2 is 2.04 bits per heavy atom. The molecule has 1 saturated heterocycles. The lowest BCUT2D eigenvalue weighted by Gasteiger charge is -2.42. The van der Waals surface area contributed by atoms with Crippen LogP contribution in [0.1, 0.15) is 6.92 Å². The maximum absolute atomic E-state index is 11.4. The standard InChI is InChI=1S/C17H20N2O6/c1-9(21)19-14-16(23)15(22)12(8-20)25-17(14)24-11-6-2-4-10-5-3-7-18-13(10)11/h2-7,12,14-17,20,22-23H,8H2,1H3,(H,19,21)/t12?,14?,15?,16?,17-/m1/s1. The van der Waals surface area contributed by atoms with Crippen LogP contribution >= 0.6 is 0 Å². The smallest absolute Gasteiger partial charge is 0.223 e. The molecular weight excluding hydrogens is 328 g/mol. The molecular formula is C17H20N2O6. The lowest BCUT2D eigenvalue weighted by Crippen LogP contribution is -2.65. The monoisotopic (exact) mass is 348 g/mol. The molecule has 1 aliphatic heterocycles. The number of hydrogen-bond acceptors (Lipinski definition) is 7. The van der Waals surface area contributed by atoms with E-state index in [9.17, 15) is 20.1 Å². The first-order valence-corrected chi connectivity index (χ1v) is 7.91. The summed E-state index contributed by atoms with van der Waals surface area (Å²) in [6.07, 6.45) is -3.23. The Labute approximate surface area is 144 Å². The van der Waals surface area contributed by atoms with Gasteiger partial charge in [0.05, 0.1) is 6.61 Å². The zero-order valence-corrected chi connectivity index (χ0v) is 13.6. The van der Waals surface area contributed by atoms with E-state index in [0.29, 0.717) is 11.3 Å². The number of para-hydroxylation sites is 1. The third-order valence-corrected chi connectivity index (χ3v) is 4.09. The van der Waals surface area contributed by atoms with E-state index in [4.69, 9.17) is 9.47 Å². The van der Waals surface area contributed by atoms with Gasteiger partial charge in [0.2, 0.25) is 12.2 Å². The summed E-state index contributed by atoms with van der Waals surface area (Å²) in [7, 11) is 0. The molecule has 8 heteroatoms. The van der Waals surface area contributed by atoms with Gasteiger partial charge in [-0.05, 0) is 12.1 Å². The number of amides is 1. The van der Waals surface area contributed by atoms with Gasteiger partial charge in [-0.1, -0.05) is 18.2 Å². The Morgan fingerprint density at radius 1 is 1.28 bits per heavy atom. The molecule has 0 spiro atoms.